The second kappa shape index (κ2) is 5.80. The SMILES string of the molecule is CCNc1cccc(/N=N/c2ccccc2)c1. The van der Waals surface area contributed by atoms with E-state index >= 15 is 0 Å². The zero-order valence-corrected chi connectivity index (χ0v) is 9.80. The van der Waals surface area contributed by atoms with Crippen LogP contribution < -0.4 is 5.32 Å². The van der Waals surface area contributed by atoms with Gasteiger partial charge in [0.2, 0.25) is 0 Å². The van der Waals surface area contributed by atoms with Gasteiger partial charge in [0, 0.05) is 12.2 Å². The summed E-state index contributed by atoms with van der Waals surface area (Å²) in [5.74, 6) is 0. The van der Waals surface area contributed by atoms with Crippen molar-refractivity contribution in [2.24, 2.45) is 10.2 Å². The molecule has 0 aliphatic heterocycles. The number of hydrogen-bond donors (Lipinski definition) is 1. The zero-order valence-electron chi connectivity index (χ0n) is 9.80. The average Bonchev–Trinajstić information content (AvgIpc) is 2.39. The highest BCUT2D eigenvalue weighted by atomic mass is 15.1. The van der Waals surface area contributed by atoms with Crippen LogP contribution in [0, 0.1) is 0 Å². The maximum Gasteiger partial charge on any atom is 0.0877 e. The van der Waals surface area contributed by atoms with Crippen molar-refractivity contribution in [3.05, 3.63) is 54.6 Å². The third kappa shape index (κ3) is 3.41. The van der Waals surface area contributed by atoms with Crippen LogP contribution in [0.1, 0.15) is 6.92 Å². The van der Waals surface area contributed by atoms with Gasteiger partial charge in [0.15, 0.2) is 0 Å². The fourth-order valence-corrected chi connectivity index (χ4v) is 1.49. The Kier molecular flexibility index (Phi) is 3.86. The van der Waals surface area contributed by atoms with Gasteiger partial charge in [-0.2, -0.15) is 10.2 Å². The Morgan fingerprint density at radius 1 is 0.882 bits per heavy atom. The van der Waals surface area contributed by atoms with Gasteiger partial charge in [0.05, 0.1) is 11.4 Å². The molecular formula is C14H15N3. The molecule has 0 atom stereocenters. The van der Waals surface area contributed by atoms with Crippen molar-refractivity contribution in [3.63, 3.8) is 0 Å². The van der Waals surface area contributed by atoms with E-state index in [0.717, 1.165) is 23.6 Å². The molecule has 0 saturated carbocycles. The summed E-state index contributed by atoms with van der Waals surface area (Å²) in [4.78, 5) is 0. The monoisotopic (exact) mass is 225 g/mol. The van der Waals surface area contributed by atoms with Gasteiger partial charge in [-0.3, -0.25) is 0 Å². The molecule has 2 rings (SSSR count). The van der Waals surface area contributed by atoms with Crippen LogP contribution in [0.4, 0.5) is 17.1 Å². The van der Waals surface area contributed by atoms with Crippen molar-refractivity contribution >= 4 is 17.1 Å². The summed E-state index contributed by atoms with van der Waals surface area (Å²) in [5.41, 5.74) is 2.78. The smallest absolute Gasteiger partial charge is 0.0877 e. The Labute approximate surface area is 101 Å². The van der Waals surface area contributed by atoms with Gasteiger partial charge in [0.25, 0.3) is 0 Å². The van der Waals surface area contributed by atoms with E-state index < -0.39 is 0 Å². The molecular weight excluding hydrogens is 210 g/mol. The summed E-state index contributed by atoms with van der Waals surface area (Å²) < 4.78 is 0. The van der Waals surface area contributed by atoms with Crippen LogP contribution in [0.2, 0.25) is 0 Å². The van der Waals surface area contributed by atoms with Gasteiger partial charge in [0.1, 0.15) is 0 Å². The molecule has 0 heterocycles. The highest BCUT2D eigenvalue weighted by Gasteiger charge is 1.93. The molecule has 17 heavy (non-hydrogen) atoms. The minimum atomic E-state index is 0.854. The first kappa shape index (κ1) is 11.3. The van der Waals surface area contributed by atoms with Crippen molar-refractivity contribution < 1.29 is 0 Å². The molecule has 0 aliphatic carbocycles. The predicted octanol–water partition coefficient (Wildman–Crippen LogP) is 4.53. The fraction of sp³-hybridized carbons (Fsp3) is 0.143. The number of hydrogen-bond acceptors (Lipinski definition) is 3. The Balaban J connectivity index is 2.13. The summed E-state index contributed by atoms with van der Waals surface area (Å²) >= 11 is 0. The van der Waals surface area contributed by atoms with E-state index in [-0.39, 0.29) is 0 Å². The Morgan fingerprint density at radius 3 is 2.35 bits per heavy atom. The fourth-order valence-electron chi connectivity index (χ4n) is 1.49. The first-order chi connectivity index (χ1) is 8.38. The van der Waals surface area contributed by atoms with Crippen LogP contribution in [0.25, 0.3) is 0 Å². The van der Waals surface area contributed by atoms with Gasteiger partial charge in [-0.05, 0) is 37.3 Å². The molecule has 0 radical (unpaired) electrons. The maximum atomic E-state index is 4.20. The predicted molar refractivity (Wildman–Crippen MR) is 71.2 cm³/mol. The zero-order chi connectivity index (χ0) is 11.9. The third-order valence-electron chi connectivity index (χ3n) is 2.26. The lowest BCUT2D eigenvalue weighted by atomic mass is 10.3. The van der Waals surface area contributed by atoms with Gasteiger partial charge >= 0.3 is 0 Å². The normalized spacial score (nSPS) is 10.6. The first-order valence-electron chi connectivity index (χ1n) is 5.69. The second-order valence-electron chi connectivity index (χ2n) is 3.62. The summed E-state index contributed by atoms with van der Waals surface area (Å²) in [5, 5.41) is 11.6. The van der Waals surface area contributed by atoms with Crippen molar-refractivity contribution in [1.29, 1.82) is 0 Å². The molecule has 0 amide bonds. The van der Waals surface area contributed by atoms with Crippen LogP contribution in [-0.2, 0) is 0 Å². The summed E-state index contributed by atoms with van der Waals surface area (Å²) in [6.07, 6.45) is 0. The molecule has 0 spiro atoms. The van der Waals surface area contributed by atoms with Crippen LogP contribution in [0.3, 0.4) is 0 Å². The molecule has 1 N–H and O–H groups in total. The standard InChI is InChI=1S/C14H15N3/c1-2-15-13-9-6-10-14(11-13)17-16-12-7-4-3-5-8-12/h3-11,15H,2H2,1H3/b17-16+. The molecule has 3 heteroatoms. The second-order valence-corrected chi connectivity index (χ2v) is 3.62. The molecule has 0 bridgehead atoms. The highest BCUT2D eigenvalue weighted by Crippen LogP contribution is 2.20. The van der Waals surface area contributed by atoms with E-state index in [0.29, 0.717) is 0 Å². The Morgan fingerprint density at radius 2 is 1.59 bits per heavy atom. The highest BCUT2D eigenvalue weighted by molar-refractivity contribution is 5.53. The Hall–Kier alpha value is -2.16. The molecule has 86 valence electrons. The van der Waals surface area contributed by atoms with Crippen LogP contribution in [0.5, 0.6) is 0 Å². The summed E-state index contributed by atoms with van der Waals surface area (Å²) in [6.45, 7) is 2.97. The lowest BCUT2D eigenvalue weighted by Gasteiger charge is -2.02. The van der Waals surface area contributed by atoms with Crippen LogP contribution in [0.15, 0.2) is 64.8 Å². The topological polar surface area (TPSA) is 36.8 Å². The van der Waals surface area contributed by atoms with Gasteiger partial charge < -0.3 is 5.32 Å². The van der Waals surface area contributed by atoms with Crippen molar-refractivity contribution in [2.75, 3.05) is 11.9 Å². The number of nitrogens with one attached hydrogen (secondary N) is 1. The number of anilines is 1. The first-order valence-corrected chi connectivity index (χ1v) is 5.69. The van der Waals surface area contributed by atoms with E-state index in [2.05, 4.69) is 22.5 Å². The largest absolute Gasteiger partial charge is 0.385 e. The molecule has 2 aromatic carbocycles. The minimum Gasteiger partial charge on any atom is -0.385 e. The van der Waals surface area contributed by atoms with Gasteiger partial charge in [-0.25, -0.2) is 0 Å². The van der Waals surface area contributed by atoms with Gasteiger partial charge in [-0.1, -0.05) is 24.3 Å². The number of nitrogens with zero attached hydrogens (tertiary/aromatic N) is 2. The number of benzene rings is 2. The third-order valence-corrected chi connectivity index (χ3v) is 2.26. The number of rotatable bonds is 4. The van der Waals surface area contributed by atoms with Crippen LogP contribution >= 0.6 is 0 Å². The molecule has 0 aliphatic rings. The van der Waals surface area contributed by atoms with E-state index in [4.69, 9.17) is 0 Å². The summed E-state index contributed by atoms with van der Waals surface area (Å²) in [7, 11) is 0. The Bertz CT molecular complexity index is 492. The lowest BCUT2D eigenvalue weighted by Crippen LogP contribution is -1.94. The van der Waals surface area contributed by atoms with Gasteiger partial charge in [-0.15, -0.1) is 0 Å². The number of azo groups is 1. The van der Waals surface area contributed by atoms with E-state index in [9.17, 15) is 0 Å². The van der Waals surface area contributed by atoms with E-state index in [1.807, 2.05) is 54.6 Å². The summed E-state index contributed by atoms with van der Waals surface area (Å²) in [6, 6.07) is 17.6. The van der Waals surface area contributed by atoms with E-state index in [1.54, 1.807) is 0 Å². The molecule has 0 aromatic heterocycles. The van der Waals surface area contributed by atoms with Crippen LogP contribution in [-0.4, -0.2) is 6.54 Å². The average molecular weight is 225 g/mol. The maximum absolute atomic E-state index is 4.20. The van der Waals surface area contributed by atoms with Crippen molar-refractivity contribution in [2.45, 2.75) is 6.92 Å². The van der Waals surface area contributed by atoms with Crippen molar-refractivity contribution in [1.82, 2.24) is 0 Å². The molecule has 0 fully saturated rings. The quantitative estimate of drug-likeness (QED) is 0.762. The molecule has 0 saturated heterocycles. The van der Waals surface area contributed by atoms with Crippen molar-refractivity contribution in [3.8, 4) is 0 Å². The minimum absolute atomic E-state index is 0.854. The molecule has 3 nitrogen and oxygen atoms in total. The molecule has 2 aromatic rings. The lowest BCUT2D eigenvalue weighted by molar-refractivity contribution is 1.20. The van der Waals surface area contributed by atoms with E-state index in [1.165, 1.54) is 0 Å². The molecule has 0 unspecified atom stereocenters.